The molecule has 4 rings (SSSR count). The molecule has 0 radical (unpaired) electrons. The molecule has 2 heterocycles. The fourth-order valence-corrected chi connectivity index (χ4v) is 3.30. The molecular formula is C21H18N4O2. The molecular weight excluding hydrogens is 340 g/mol. The number of amides is 2. The molecule has 2 amide bonds. The zero-order valence-corrected chi connectivity index (χ0v) is 14.5. The molecule has 1 atom stereocenters. The predicted octanol–water partition coefficient (Wildman–Crippen LogP) is 2.95. The lowest BCUT2D eigenvalue weighted by Crippen LogP contribution is -2.32. The number of anilines is 1. The van der Waals surface area contributed by atoms with Crippen molar-refractivity contribution in [3.8, 4) is 0 Å². The van der Waals surface area contributed by atoms with Crippen LogP contribution in [0.25, 0.3) is 0 Å². The number of nitrogens with zero attached hydrogens (tertiary/aromatic N) is 2. The molecule has 0 spiro atoms. The third kappa shape index (κ3) is 3.13. The van der Waals surface area contributed by atoms with Crippen molar-refractivity contribution < 1.29 is 9.59 Å². The van der Waals surface area contributed by atoms with Crippen LogP contribution in [0.3, 0.4) is 0 Å². The van der Waals surface area contributed by atoms with Crippen molar-refractivity contribution in [1.29, 1.82) is 0 Å². The standard InChI is InChI=1S/C21H18N4O2/c22-19(26)15-9-4-5-11-17(15)24-20-18-16(10-6-12-23-18)21(27)25(20)13-14-7-2-1-3-8-14/h1-12,20,24H,13H2,(H2,22,26). The van der Waals surface area contributed by atoms with Gasteiger partial charge < -0.3 is 16.0 Å². The highest BCUT2D eigenvalue weighted by molar-refractivity contribution is 6.00. The number of carbonyl (C=O) groups excluding carboxylic acids is 2. The second-order valence-corrected chi connectivity index (χ2v) is 6.31. The summed E-state index contributed by atoms with van der Waals surface area (Å²) >= 11 is 0. The first-order valence-electron chi connectivity index (χ1n) is 8.60. The number of fused-ring (bicyclic) bond motifs is 1. The second kappa shape index (κ2) is 6.92. The van der Waals surface area contributed by atoms with E-state index in [1.807, 2.05) is 36.4 Å². The molecule has 1 aliphatic rings. The first-order chi connectivity index (χ1) is 13.1. The van der Waals surface area contributed by atoms with E-state index in [0.717, 1.165) is 5.56 Å². The van der Waals surface area contributed by atoms with Gasteiger partial charge in [-0.3, -0.25) is 14.6 Å². The average Bonchev–Trinajstić information content (AvgIpc) is 2.95. The molecule has 6 heteroatoms. The third-order valence-electron chi connectivity index (χ3n) is 4.58. The van der Waals surface area contributed by atoms with E-state index in [9.17, 15) is 9.59 Å². The Bertz CT molecular complexity index is 1000. The van der Waals surface area contributed by atoms with Gasteiger partial charge in [-0.15, -0.1) is 0 Å². The van der Waals surface area contributed by atoms with Crippen LogP contribution in [0.15, 0.2) is 72.9 Å². The Morgan fingerprint density at radius 1 is 1.04 bits per heavy atom. The van der Waals surface area contributed by atoms with Gasteiger partial charge in [-0.25, -0.2) is 0 Å². The maximum atomic E-state index is 13.0. The van der Waals surface area contributed by atoms with Gasteiger partial charge in [0.1, 0.15) is 6.17 Å². The van der Waals surface area contributed by atoms with Crippen molar-refractivity contribution in [1.82, 2.24) is 9.88 Å². The van der Waals surface area contributed by atoms with E-state index in [-0.39, 0.29) is 5.91 Å². The first kappa shape index (κ1) is 16.8. The zero-order valence-electron chi connectivity index (χ0n) is 14.5. The van der Waals surface area contributed by atoms with Gasteiger partial charge in [-0.05, 0) is 29.8 Å². The Balaban J connectivity index is 1.73. The summed E-state index contributed by atoms with van der Waals surface area (Å²) in [4.78, 5) is 30.9. The van der Waals surface area contributed by atoms with E-state index in [1.54, 1.807) is 41.4 Å². The largest absolute Gasteiger partial charge is 0.366 e. The van der Waals surface area contributed by atoms with Crippen LogP contribution in [0.5, 0.6) is 0 Å². The van der Waals surface area contributed by atoms with Crippen LogP contribution in [-0.2, 0) is 6.54 Å². The number of aromatic nitrogens is 1. The molecule has 0 fully saturated rings. The fourth-order valence-electron chi connectivity index (χ4n) is 3.30. The van der Waals surface area contributed by atoms with Crippen LogP contribution in [0.2, 0.25) is 0 Å². The maximum absolute atomic E-state index is 13.0. The fraction of sp³-hybridized carbons (Fsp3) is 0.0952. The number of benzene rings is 2. The third-order valence-corrected chi connectivity index (χ3v) is 4.58. The lowest BCUT2D eigenvalue weighted by atomic mass is 10.1. The topological polar surface area (TPSA) is 88.3 Å². The predicted molar refractivity (Wildman–Crippen MR) is 102 cm³/mol. The highest BCUT2D eigenvalue weighted by atomic mass is 16.2. The summed E-state index contributed by atoms with van der Waals surface area (Å²) in [5.41, 5.74) is 8.63. The SMILES string of the molecule is NC(=O)c1ccccc1NC1c2ncccc2C(=O)N1Cc1ccccc1. The van der Waals surface area contributed by atoms with Gasteiger partial charge in [-0.2, -0.15) is 0 Å². The van der Waals surface area contributed by atoms with Gasteiger partial charge >= 0.3 is 0 Å². The Kier molecular flexibility index (Phi) is 4.30. The molecule has 1 aromatic heterocycles. The van der Waals surface area contributed by atoms with Crippen LogP contribution < -0.4 is 11.1 Å². The summed E-state index contributed by atoms with van der Waals surface area (Å²) in [6.07, 6.45) is 1.17. The van der Waals surface area contributed by atoms with E-state index in [4.69, 9.17) is 5.73 Å². The zero-order chi connectivity index (χ0) is 18.8. The lowest BCUT2D eigenvalue weighted by molar-refractivity contribution is 0.0727. The molecule has 134 valence electrons. The summed E-state index contributed by atoms with van der Waals surface area (Å²) in [5.74, 6) is -0.630. The quantitative estimate of drug-likeness (QED) is 0.734. The van der Waals surface area contributed by atoms with Crippen molar-refractivity contribution in [2.75, 3.05) is 5.32 Å². The van der Waals surface area contributed by atoms with E-state index in [2.05, 4.69) is 10.3 Å². The van der Waals surface area contributed by atoms with Crippen molar-refractivity contribution >= 4 is 17.5 Å². The van der Waals surface area contributed by atoms with Gasteiger partial charge in [0.05, 0.1) is 16.8 Å². The monoisotopic (exact) mass is 358 g/mol. The van der Waals surface area contributed by atoms with Gasteiger partial charge in [0.15, 0.2) is 0 Å². The molecule has 3 N–H and O–H groups in total. The van der Waals surface area contributed by atoms with Crippen LogP contribution in [0, 0.1) is 0 Å². The molecule has 0 bridgehead atoms. The number of hydrogen-bond donors (Lipinski definition) is 2. The van der Waals surface area contributed by atoms with Crippen LogP contribution in [0.4, 0.5) is 5.69 Å². The lowest BCUT2D eigenvalue weighted by Gasteiger charge is -2.27. The molecule has 1 unspecified atom stereocenters. The number of carbonyl (C=O) groups is 2. The number of pyridine rings is 1. The smallest absolute Gasteiger partial charge is 0.258 e. The van der Waals surface area contributed by atoms with E-state index in [0.29, 0.717) is 29.1 Å². The van der Waals surface area contributed by atoms with E-state index >= 15 is 0 Å². The number of rotatable bonds is 5. The van der Waals surface area contributed by atoms with Crippen molar-refractivity contribution in [3.63, 3.8) is 0 Å². The Morgan fingerprint density at radius 3 is 2.56 bits per heavy atom. The molecule has 6 nitrogen and oxygen atoms in total. The molecule has 0 aliphatic carbocycles. The number of nitrogens with two attached hydrogens (primary N) is 1. The summed E-state index contributed by atoms with van der Waals surface area (Å²) < 4.78 is 0. The number of primary amides is 1. The first-order valence-corrected chi connectivity index (χ1v) is 8.60. The highest BCUT2D eigenvalue weighted by Crippen LogP contribution is 2.34. The Hall–Kier alpha value is -3.67. The molecule has 1 aliphatic heterocycles. The van der Waals surface area contributed by atoms with Crippen molar-refractivity contribution in [2.45, 2.75) is 12.7 Å². The molecule has 3 aromatic rings. The minimum absolute atomic E-state index is 0.101. The van der Waals surface area contributed by atoms with Crippen LogP contribution in [0.1, 0.15) is 38.1 Å². The maximum Gasteiger partial charge on any atom is 0.258 e. The normalized spacial score (nSPS) is 15.5. The molecule has 2 aromatic carbocycles. The molecule has 0 saturated heterocycles. The second-order valence-electron chi connectivity index (χ2n) is 6.31. The van der Waals surface area contributed by atoms with Crippen molar-refractivity contribution in [3.05, 3.63) is 95.3 Å². The van der Waals surface area contributed by atoms with Gasteiger partial charge in [0.25, 0.3) is 11.8 Å². The molecule has 27 heavy (non-hydrogen) atoms. The Morgan fingerprint density at radius 2 is 1.78 bits per heavy atom. The summed E-state index contributed by atoms with van der Waals surface area (Å²) in [7, 11) is 0. The average molecular weight is 358 g/mol. The number of para-hydroxylation sites is 1. The minimum atomic E-state index is -0.529. The van der Waals surface area contributed by atoms with Gasteiger partial charge in [-0.1, -0.05) is 42.5 Å². The van der Waals surface area contributed by atoms with Gasteiger partial charge in [0, 0.05) is 18.4 Å². The highest BCUT2D eigenvalue weighted by Gasteiger charge is 2.38. The summed E-state index contributed by atoms with van der Waals surface area (Å²) in [6, 6.07) is 20.3. The van der Waals surface area contributed by atoms with E-state index in [1.165, 1.54) is 0 Å². The van der Waals surface area contributed by atoms with Crippen LogP contribution >= 0.6 is 0 Å². The van der Waals surface area contributed by atoms with E-state index < -0.39 is 12.1 Å². The van der Waals surface area contributed by atoms with Gasteiger partial charge in [0.2, 0.25) is 0 Å². The molecule has 0 saturated carbocycles. The summed E-state index contributed by atoms with van der Waals surface area (Å²) in [5, 5.41) is 3.29. The minimum Gasteiger partial charge on any atom is -0.366 e. The number of nitrogens with one attached hydrogen (secondary N) is 1. The Labute approximate surface area is 156 Å². The summed E-state index contributed by atoms with van der Waals surface area (Å²) in [6.45, 7) is 0.423. The van der Waals surface area contributed by atoms with Crippen LogP contribution in [-0.4, -0.2) is 21.7 Å². The number of hydrogen-bond acceptors (Lipinski definition) is 4. The van der Waals surface area contributed by atoms with Crippen molar-refractivity contribution in [2.24, 2.45) is 5.73 Å².